The van der Waals surface area contributed by atoms with Crippen molar-refractivity contribution >= 4 is 11.8 Å². The zero-order valence-electron chi connectivity index (χ0n) is 10.3. The maximum absolute atomic E-state index is 12.0. The van der Waals surface area contributed by atoms with Crippen molar-refractivity contribution in [2.45, 2.75) is 26.7 Å². The summed E-state index contributed by atoms with van der Waals surface area (Å²) in [6.45, 7) is 3.80. The van der Waals surface area contributed by atoms with Crippen LogP contribution >= 0.6 is 0 Å². The van der Waals surface area contributed by atoms with Gasteiger partial charge in [-0.3, -0.25) is 9.59 Å². The van der Waals surface area contributed by atoms with Crippen LogP contribution in [0.4, 0.5) is 0 Å². The van der Waals surface area contributed by atoms with Crippen molar-refractivity contribution in [1.29, 1.82) is 0 Å². The Bertz CT molecular complexity index is 530. The van der Waals surface area contributed by atoms with E-state index in [2.05, 4.69) is 10.2 Å². The normalized spacial score (nSPS) is 10.6. The Labute approximate surface area is 104 Å². The average molecular weight is 246 g/mol. The standard InChI is InChI=1S/C12H14N4O2/c1-3-9-5-7-13-15(9)11(17)12(18)16-10(4-2)6-8-14-16/h5-8H,3-4H2,1-2H3. The lowest BCUT2D eigenvalue weighted by atomic mass is 10.3. The van der Waals surface area contributed by atoms with Crippen molar-refractivity contribution in [3.8, 4) is 0 Å². The van der Waals surface area contributed by atoms with E-state index in [-0.39, 0.29) is 0 Å². The van der Waals surface area contributed by atoms with Crippen LogP contribution in [0.2, 0.25) is 0 Å². The number of hydrogen-bond acceptors (Lipinski definition) is 4. The number of aromatic nitrogens is 4. The quantitative estimate of drug-likeness (QED) is 0.746. The fourth-order valence-corrected chi connectivity index (χ4v) is 1.74. The van der Waals surface area contributed by atoms with E-state index in [1.165, 1.54) is 12.4 Å². The third-order valence-electron chi connectivity index (χ3n) is 2.73. The highest BCUT2D eigenvalue weighted by molar-refractivity contribution is 6.36. The Balaban J connectivity index is 2.32. The molecule has 0 amide bonds. The van der Waals surface area contributed by atoms with Crippen molar-refractivity contribution in [3.63, 3.8) is 0 Å². The molecule has 18 heavy (non-hydrogen) atoms. The molecule has 0 unspecified atom stereocenters. The molecule has 0 spiro atoms. The van der Waals surface area contributed by atoms with E-state index in [9.17, 15) is 9.59 Å². The van der Waals surface area contributed by atoms with Crippen LogP contribution in [0.5, 0.6) is 0 Å². The zero-order valence-corrected chi connectivity index (χ0v) is 10.3. The van der Waals surface area contributed by atoms with Crippen LogP contribution in [0.25, 0.3) is 0 Å². The monoisotopic (exact) mass is 246 g/mol. The smallest absolute Gasteiger partial charge is 0.261 e. The maximum atomic E-state index is 12.0. The summed E-state index contributed by atoms with van der Waals surface area (Å²) < 4.78 is 2.26. The van der Waals surface area contributed by atoms with Crippen LogP contribution in [0.3, 0.4) is 0 Å². The van der Waals surface area contributed by atoms with Crippen LogP contribution in [-0.4, -0.2) is 31.4 Å². The minimum absolute atomic E-state index is 0.638. The summed E-state index contributed by atoms with van der Waals surface area (Å²) in [6, 6.07) is 3.43. The van der Waals surface area contributed by atoms with Gasteiger partial charge in [0.15, 0.2) is 0 Å². The highest BCUT2D eigenvalue weighted by Gasteiger charge is 2.22. The predicted molar refractivity (Wildman–Crippen MR) is 64.5 cm³/mol. The third kappa shape index (κ3) is 1.97. The Kier molecular flexibility index (Phi) is 3.36. The second-order valence-corrected chi connectivity index (χ2v) is 3.79. The third-order valence-corrected chi connectivity index (χ3v) is 2.73. The number of hydrogen-bond donors (Lipinski definition) is 0. The Hall–Kier alpha value is -2.24. The molecule has 2 heterocycles. The van der Waals surface area contributed by atoms with Crippen molar-refractivity contribution < 1.29 is 9.59 Å². The van der Waals surface area contributed by atoms with Crippen LogP contribution in [0, 0.1) is 0 Å². The van der Waals surface area contributed by atoms with Gasteiger partial charge in [-0.25, -0.2) is 0 Å². The SMILES string of the molecule is CCc1ccnn1C(=O)C(=O)n1nccc1CC. The van der Waals surface area contributed by atoms with E-state index in [4.69, 9.17) is 0 Å². The van der Waals surface area contributed by atoms with Gasteiger partial charge in [-0.1, -0.05) is 13.8 Å². The molecule has 0 fully saturated rings. The molecule has 2 aromatic heterocycles. The van der Waals surface area contributed by atoms with Crippen LogP contribution in [-0.2, 0) is 12.8 Å². The molecule has 94 valence electrons. The lowest BCUT2D eigenvalue weighted by Crippen LogP contribution is -2.31. The summed E-state index contributed by atoms with van der Waals surface area (Å²) in [6.07, 6.45) is 4.29. The topological polar surface area (TPSA) is 69.8 Å². The highest BCUT2D eigenvalue weighted by Crippen LogP contribution is 2.04. The molecule has 0 aliphatic rings. The summed E-state index contributed by atoms with van der Waals surface area (Å²) in [4.78, 5) is 24.1. The van der Waals surface area contributed by atoms with Gasteiger partial charge in [-0.2, -0.15) is 19.6 Å². The van der Waals surface area contributed by atoms with Crippen molar-refractivity contribution in [3.05, 3.63) is 35.9 Å². The lowest BCUT2D eigenvalue weighted by Gasteiger charge is -2.05. The molecule has 2 aromatic rings. The van der Waals surface area contributed by atoms with Crippen molar-refractivity contribution in [1.82, 2.24) is 19.6 Å². The number of aryl methyl sites for hydroxylation is 2. The molecule has 0 saturated carbocycles. The van der Waals surface area contributed by atoms with Crippen molar-refractivity contribution in [2.75, 3.05) is 0 Å². The Morgan fingerprint density at radius 1 is 0.944 bits per heavy atom. The number of nitrogens with zero attached hydrogens (tertiary/aromatic N) is 4. The molecule has 6 nitrogen and oxygen atoms in total. The maximum Gasteiger partial charge on any atom is 0.338 e. The zero-order chi connectivity index (χ0) is 13.1. The summed E-state index contributed by atoms with van der Waals surface area (Å²) in [5, 5.41) is 7.76. The second-order valence-electron chi connectivity index (χ2n) is 3.79. The van der Waals surface area contributed by atoms with Gasteiger partial charge in [0.2, 0.25) is 0 Å². The molecule has 0 aliphatic carbocycles. The molecule has 6 heteroatoms. The van der Waals surface area contributed by atoms with E-state index in [1.807, 2.05) is 13.8 Å². The number of carbonyl (C=O) groups excluding carboxylic acids is 2. The second kappa shape index (κ2) is 4.95. The molecule has 0 aliphatic heterocycles. The van der Waals surface area contributed by atoms with Gasteiger partial charge in [0.05, 0.1) is 0 Å². The molecule has 0 radical (unpaired) electrons. The molecule has 0 N–H and O–H groups in total. The molecule has 0 saturated heterocycles. The van der Waals surface area contributed by atoms with Gasteiger partial charge in [0, 0.05) is 23.8 Å². The molecule has 0 aromatic carbocycles. The first kappa shape index (κ1) is 12.2. The van der Waals surface area contributed by atoms with E-state index in [0.29, 0.717) is 24.2 Å². The molecular weight excluding hydrogens is 232 g/mol. The minimum Gasteiger partial charge on any atom is -0.261 e. The fourth-order valence-electron chi connectivity index (χ4n) is 1.74. The molecule has 0 bridgehead atoms. The van der Waals surface area contributed by atoms with Gasteiger partial charge >= 0.3 is 11.8 Å². The van der Waals surface area contributed by atoms with E-state index < -0.39 is 11.8 Å². The Morgan fingerprint density at radius 3 is 1.67 bits per heavy atom. The van der Waals surface area contributed by atoms with Crippen LogP contribution < -0.4 is 0 Å². The molecular formula is C12H14N4O2. The molecule has 2 rings (SSSR count). The van der Waals surface area contributed by atoms with Crippen LogP contribution in [0.15, 0.2) is 24.5 Å². The number of rotatable bonds is 2. The predicted octanol–water partition coefficient (Wildman–Crippen LogP) is 1.18. The minimum atomic E-state index is -0.685. The summed E-state index contributed by atoms with van der Waals surface area (Å²) in [5.74, 6) is -1.37. The largest absolute Gasteiger partial charge is 0.338 e. The van der Waals surface area contributed by atoms with E-state index >= 15 is 0 Å². The molecule has 0 atom stereocenters. The average Bonchev–Trinajstić information content (AvgIpc) is 3.04. The summed E-state index contributed by atoms with van der Waals surface area (Å²) >= 11 is 0. The van der Waals surface area contributed by atoms with E-state index in [1.54, 1.807) is 12.1 Å². The first-order valence-corrected chi connectivity index (χ1v) is 5.83. The van der Waals surface area contributed by atoms with Gasteiger partial charge in [-0.15, -0.1) is 0 Å². The number of carbonyl (C=O) groups is 2. The van der Waals surface area contributed by atoms with E-state index in [0.717, 1.165) is 9.36 Å². The first-order chi connectivity index (χ1) is 8.69. The first-order valence-electron chi connectivity index (χ1n) is 5.83. The highest BCUT2D eigenvalue weighted by atomic mass is 16.2. The van der Waals surface area contributed by atoms with Gasteiger partial charge in [0.25, 0.3) is 0 Å². The Morgan fingerprint density at radius 2 is 1.33 bits per heavy atom. The summed E-state index contributed by atoms with van der Waals surface area (Å²) in [5.41, 5.74) is 1.41. The van der Waals surface area contributed by atoms with Gasteiger partial charge in [-0.05, 0) is 25.0 Å². The van der Waals surface area contributed by atoms with Crippen molar-refractivity contribution in [2.24, 2.45) is 0 Å². The lowest BCUT2D eigenvalue weighted by molar-refractivity contribution is 0.0692. The van der Waals surface area contributed by atoms with Crippen LogP contribution in [0.1, 0.15) is 34.8 Å². The summed E-state index contributed by atoms with van der Waals surface area (Å²) in [7, 11) is 0. The van der Waals surface area contributed by atoms with Gasteiger partial charge < -0.3 is 0 Å². The fraction of sp³-hybridized carbons (Fsp3) is 0.333. The van der Waals surface area contributed by atoms with Gasteiger partial charge in [0.1, 0.15) is 0 Å².